The van der Waals surface area contributed by atoms with E-state index in [4.69, 9.17) is 9.47 Å². The first-order valence-electron chi connectivity index (χ1n) is 7.56. The van der Waals surface area contributed by atoms with Crippen LogP contribution in [-0.2, 0) is 11.3 Å². The fourth-order valence-electron chi connectivity index (χ4n) is 1.80. The highest BCUT2D eigenvalue weighted by molar-refractivity contribution is 5.17. The number of hydrogen-bond acceptors (Lipinski definition) is 5. The number of aromatic nitrogens is 2. The highest BCUT2D eigenvalue weighted by Crippen LogP contribution is 2.19. The minimum Gasteiger partial charge on any atom is -0.461 e. The Bertz CT molecular complexity index is 408. The molecule has 1 saturated carbocycles. The zero-order chi connectivity index (χ0) is 14.2. The van der Waals surface area contributed by atoms with Gasteiger partial charge in [0.15, 0.2) is 0 Å². The smallest absolute Gasteiger partial charge is 0.316 e. The van der Waals surface area contributed by atoms with E-state index < -0.39 is 0 Å². The van der Waals surface area contributed by atoms with Crippen molar-refractivity contribution in [1.29, 1.82) is 0 Å². The standard InChI is InChI=1S/C15H25N3O2/c1-3-4-7-19-8-9-20-15-17-11-13(12(2)18-15)10-16-14-5-6-14/h11,14,16H,3-10H2,1-2H3. The second kappa shape index (κ2) is 8.17. The summed E-state index contributed by atoms with van der Waals surface area (Å²) in [6, 6.07) is 1.14. The summed E-state index contributed by atoms with van der Waals surface area (Å²) in [4.78, 5) is 8.62. The Morgan fingerprint density at radius 2 is 2.15 bits per heavy atom. The van der Waals surface area contributed by atoms with Crippen LogP contribution >= 0.6 is 0 Å². The van der Waals surface area contributed by atoms with Crippen molar-refractivity contribution in [1.82, 2.24) is 15.3 Å². The second-order valence-electron chi connectivity index (χ2n) is 5.23. The Morgan fingerprint density at radius 3 is 2.85 bits per heavy atom. The third kappa shape index (κ3) is 5.43. The molecule has 1 aromatic rings. The van der Waals surface area contributed by atoms with Gasteiger partial charge < -0.3 is 14.8 Å². The largest absolute Gasteiger partial charge is 0.461 e. The summed E-state index contributed by atoms with van der Waals surface area (Å²) >= 11 is 0. The van der Waals surface area contributed by atoms with E-state index in [0.29, 0.717) is 25.3 Å². The van der Waals surface area contributed by atoms with Crippen LogP contribution < -0.4 is 10.1 Å². The maximum Gasteiger partial charge on any atom is 0.316 e. The number of ether oxygens (including phenoxy) is 2. The molecule has 0 aliphatic heterocycles. The molecule has 1 fully saturated rings. The molecule has 1 aliphatic carbocycles. The second-order valence-corrected chi connectivity index (χ2v) is 5.23. The number of hydrogen-bond donors (Lipinski definition) is 1. The molecule has 0 spiro atoms. The van der Waals surface area contributed by atoms with Gasteiger partial charge in [-0.2, -0.15) is 0 Å². The average Bonchev–Trinajstić information content (AvgIpc) is 3.26. The number of nitrogens with zero attached hydrogens (tertiary/aromatic N) is 2. The number of unbranched alkanes of at least 4 members (excludes halogenated alkanes) is 1. The molecule has 1 N–H and O–H groups in total. The average molecular weight is 279 g/mol. The van der Waals surface area contributed by atoms with Crippen LogP contribution in [0.25, 0.3) is 0 Å². The van der Waals surface area contributed by atoms with Gasteiger partial charge in [-0.3, -0.25) is 0 Å². The van der Waals surface area contributed by atoms with E-state index in [1.807, 2.05) is 13.1 Å². The molecule has 1 aliphatic rings. The Kier molecular flexibility index (Phi) is 6.21. The van der Waals surface area contributed by atoms with Gasteiger partial charge in [-0.05, 0) is 26.2 Å². The minimum atomic E-state index is 0.441. The summed E-state index contributed by atoms with van der Waals surface area (Å²) in [5.41, 5.74) is 2.12. The fourth-order valence-corrected chi connectivity index (χ4v) is 1.80. The third-order valence-electron chi connectivity index (χ3n) is 3.32. The summed E-state index contributed by atoms with van der Waals surface area (Å²) < 4.78 is 10.9. The molecule has 0 saturated heterocycles. The molecule has 1 aromatic heterocycles. The van der Waals surface area contributed by atoms with E-state index in [1.165, 1.54) is 12.8 Å². The molecule has 2 rings (SSSR count). The van der Waals surface area contributed by atoms with Crippen LogP contribution in [0.1, 0.15) is 43.9 Å². The normalized spacial score (nSPS) is 14.5. The zero-order valence-electron chi connectivity index (χ0n) is 12.5. The van der Waals surface area contributed by atoms with Gasteiger partial charge >= 0.3 is 6.01 Å². The van der Waals surface area contributed by atoms with E-state index in [-0.39, 0.29) is 0 Å². The summed E-state index contributed by atoms with van der Waals surface area (Å²) in [5, 5.41) is 3.46. The number of rotatable bonds is 10. The molecule has 20 heavy (non-hydrogen) atoms. The van der Waals surface area contributed by atoms with E-state index in [1.54, 1.807) is 0 Å². The molecule has 5 nitrogen and oxygen atoms in total. The maximum atomic E-state index is 5.49. The first-order valence-corrected chi connectivity index (χ1v) is 7.56. The monoisotopic (exact) mass is 279 g/mol. The van der Waals surface area contributed by atoms with Crippen LogP contribution in [-0.4, -0.2) is 35.8 Å². The lowest BCUT2D eigenvalue weighted by molar-refractivity contribution is 0.0946. The SMILES string of the molecule is CCCCOCCOc1ncc(CNC2CC2)c(C)n1. The zero-order valence-corrected chi connectivity index (χ0v) is 12.5. The lowest BCUT2D eigenvalue weighted by atomic mass is 10.2. The van der Waals surface area contributed by atoms with Gasteiger partial charge in [-0.1, -0.05) is 13.3 Å². The Labute approximate surface area is 121 Å². The molecule has 0 atom stereocenters. The van der Waals surface area contributed by atoms with Crippen molar-refractivity contribution in [2.75, 3.05) is 19.8 Å². The molecular weight excluding hydrogens is 254 g/mol. The van der Waals surface area contributed by atoms with Gasteiger partial charge in [0.25, 0.3) is 0 Å². The lowest BCUT2D eigenvalue weighted by Gasteiger charge is -2.09. The van der Waals surface area contributed by atoms with E-state index in [9.17, 15) is 0 Å². The Balaban J connectivity index is 1.67. The van der Waals surface area contributed by atoms with Crippen molar-refractivity contribution in [2.45, 2.75) is 52.1 Å². The number of aryl methyl sites for hydroxylation is 1. The van der Waals surface area contributed by atoms with Crippen molar-refractivity contribution >= 4 is 0 Å². The van der Waals surface area contributed by atoms with Gasteiger partial charge in [0.2, 0.25) is 0 Å². The van der Waals surface area contributed by atoms with Crippen LogP contribution in [0.15, 0.2) is 6.20 Å². The highest BCUT2D eigenvalue weighted by Gasteiger charge is 2.20. The molecule has 0 aromatic carbocycles. The quantitative estimate of drug-likeness (QED) is 0.666. The Morgan fingerprint density at radius 1 is 1.30 bits per heavy atom. The summed E-state index contributed by atoms with van der Waals surface area (Å²) in [6.45, 7) is 6.88. The molecular formula is C15H25N3O2. The van der Waals surface area contributed by atoms with Crippen LogP contribution in [0.5, 0.6) is 6.01 Å². The predicted molar refractivity (Wildman–Crippen MR) is 77.9 cm³/mol. The summed E-state index contributed by atoms with van der Waals surface area (Å²) in [6.07, 6.45) is 6.68. The Hall–Kier alpha value is -1.20. The van der Waals surface area contributed by atoms with Crippen molar-refractivity contribution in [2.24, 2.45) is 0 Å². The summed E-state index contributed by atoms with van der Waals surface area (Å²) in [5.74, 6) is 0. The molecule has 5 heteroatoms. The van der Waals surface area contributed by atoms with E-state index >= 15 is 0 Å². The topological polar surface area (TPSA) is 56.3 Å². The molecule has 0 amide bonds. The van der Waals surface area contributed by atoms with E-state index in [2.05, 4.69) is 22.2 Å². The van der Waals surface area contributed by atoms with Crippen molar-refractivity contribution in [3.63, 3.8) is 0 Å². The van der Waals surface area contributed by atoms with Gasteiger partial charge in [-0.25, -0.2) is 9.97 Å². The molecule has 112 valence electrons. The number of nitrogens with one attached hydrogen (secondary N) is 1. The van der Waals surface area contributed by atoms with Crippen molar-refractivity contribution in [3.05, 3.63) is 17.5 Å². The van der Waals surface area contributed by atoms with Crippen LogP contribution in [0.4, 0.5) is 0 Å². The van der Waals surface area contributed by atoms with Gasteiger partial charge in [0, 0.05) is 36.6 Å². The third-order valence-corrected chi connectivity index (χ3v) is 3.32. The predicted octanol–water partition coefficient (Wildman–Crippen LogP) is 2.23. The molecule has 1 heterocycles. The van der Waals surface area contributed by atoms with Crippen LogP contribution in [0, 0.1) is 6.92 Å². The maximum absolute atomic E-state index is 5.49. The van der Waals surface area contributed by atoms with Gasteiger partial charge in [0.1, 0.15) is 6.61 Å². The van der Waals surface area contributed by atoms with Crippen molar-refractivity contribution in [3.8, 4) is 6.01 Å². The van der Waals surface area contributed by atoms with E-state index in [0.717, 1.165) is 37.3 Å². The van der Waals surface area contributed by atoms with Crippen molar-refractivity contribution < 1.29 is 9.47 Å². The minimum absolute atomic E-state index is 0.441. The lowest BCUT2D eigenvalue weighted by Crippen LogP contribution is -2.17. The fraction of sp³-hybridized carbons (Fsp3) is 0.733. The first-order chi connectivity index (χ1) is 9.79. The molecule has 0 bridgehead atoms. The molecule has 0 unspecified atom stereocenters. The summed E-state index contributed by atoms with van der Waals surface area (Å²) in [7, 11) is 0. The molecule has 0 radical (unpaired) electrons. The van der Waals surface area contributed by atoms with Gasteiger partial charge in [-0.15, -0.1) is 0 Å². The highest BCUT2D eigenvalue weighted by atomic mass is 16.5. The van der Waals surface area contributed by atoms with Gasteiger partial charge in [0.05, 0.1) is 6.61 Å². The first kappa shape index (κ1) is 15.2. The van der Waals surface area contributed by atoms with Crippen LogP contribution in [0.3, 0.4) is 0 Å². The van der Waals surface area contributed by atoms with Crippen LogP contribution in [0.2, 0.25) is 0 Å².